The van der Waals surface area contributed by atoms with E-state index in [2.05, 4.69) is 0 Å². The van der Waals surface area contributed by atoms with E-state index < -0.39 is 12.2 Å². The van der Waals surface area contributed by atoms with Crippen molar-refractivity contribution in [3.8, 4) is 0 Å². The van der Waals surface area contributed by atoms with Crippen molar-refractivity contribution in [1.82, 2.24) is 0 Å². The molecule has 2 atom stereocenters. The van der Waals surface area contributed by atoms with Crippen LogP contribution in [-0.4, -0.2) is 6.04 Å². The lowest BCUT2D eigenvalue weighted by Crippen LogP contribution is -2.21. The fourth-order valence-electron chi connectivity index (χ4n) is 0.950. The third-order valence-corrected chi connectivity index (χ3v) is 1.90. The highest BCUT2D eigenvalue weighted by atomic mass is 35.5. The van der Waals surface area contributed by atoms with Crippen LogP contribution < -0.4 is 5.73 Å². The molecule has 1 rings (SSSR count). The minimum absolute atomic E-state index is 0.480. The summed E-state index contributed by atoms with van der Waals surface area (Å²) in [5, 5.41) is 0.607. The highest BCUT2D eigenvalue weighted by Gasteiger charge is 2.13. The minimum atomic E-state index is -1.11. The monoisotopic (exact) mass is 187 g/mol. The van der Waals surface area contributed by atoms with E-state index in [1.165, 1.54) is 0 Å². The normalized spacial score (nSPS) is 15.7. The molecule has 0 fully saturated rings. The molecular weight excluding hydrogens is 177 g/mol. The molecule has 0 spiro atoms. The summed E-state index contributed by atoms with van der Waals surface area (Å²) in [7, 11) is 0. The Balaban J connectivity index is 2.82. The number of hydrogen-bond acceptors (Lipinski definition) is 1. The smallest absolute Gasteiger partial charge is 0.140 e. The summed E-state index contributed by atoms with van der Waals surface area (Å²) >= 11 is 5.64. The Hall–Kier alpha value is -0.600. The van der Waals surface area contributed by atoms with Gasteiger partial charge in [0, 0.05) is 11.1 Å². The summed E-state index contributed by atoms with van der Waals surface area (Å²) in [5.41, 5.74) is 5.98. The molecule has 1 aromatic carbocycles. The van der Waals surface area contributed by atoms with Crippen molar-refractivity contribution >= 4 is 11.6 Å². The van der Waals surface area contributed by atoms with Gasteiger partial charge in [0.15, 0.2) is 0 Å². The predicted molar refractivity (Wildman–Crippen MR) is 49.0 cm³/mol. The van der Waals surface area contributed by atoms with Gasteiger partial charge in [-0.25, -0.2) is 4.39 Å². The molecule has 0 radical (unpaired) electrons. The first-order chi connectivity index (χ1) is 5.61. The van der Waals surface area contributed by atoms with Gasteiger partial charge in [0.05, 0.1) is 0 Å². The lowest BCUT2D eigenvalue weighted by molar-refractivity contribution is 0.300. The van der Waals surface area contributed by atoms with Crippen LogP contribution in [0.1, 0.15) is 18.7 Å². The van der Waals surface area contributed by atoms with Crippen molar-refractivity contribution in [1.29, 1.82) is 0 Å². The molecule has 0 bridgehead atoms. The molecule has 1 nitrogen and oxygen atoms in total. The van der Waals surface area contributed by atoms with Crippen molar-refractivity contribution in [2.24, 2.45) is 5.73 Å². The topological polar surface area (TPSA) is 26.0 Å². The number of nitrogens with two attached hydrogens (primary N) is 1. The lowest BCUT2D eigenvalue weighted by atomic mass is 10.1. The Morgan fingerprint density at radius 1 is 1.33 bits per heavy atom. The second-order valence-corrected chi connectivity index (χ2v) is 3.25. The van der Waals surface area contributed by atoms with Gasteiger partial charge in [0.25, 0.3) is 0 Å². The number of halogens is 2. The first-order valence-electron chi connectivity index (χ1n) is 3.76. The van der Waals surface area contributed by atoms with Gasteiger partial charge in [-0.15, -0.1) is 0 Å². The molecule has 0 saturated heterocycles. The Labute approximate surface area is 76.3 Å². The van der Waals surface area contributed by atoms with Gasteiger partial charge in [-0.1, -0.05) is 23.7 Å². The van der Waals surface area contributed by atoms with Gasteiger partial charge >= 0.3 is 0 Å². The van der Waals surface area contributed by atoms with Crippen molar-refractivity contribution in [2.45, 2.75) is 19.1 Å². The molecule has 3 heteroatoms. The first kappa shape index (κ1) is 9.49. The van der Waals surface area contributed by atoms with Crippen LogP contribution in [0.25, 0.3) is 0 Å². The predicted octanol–water partition coefficient (Wildman–Crippen LogP) is 2.70. The Kier molecular flexibility index (Phi) is 3.06. The zero-order chi connectivity index (χ0) is 9.14. The average Bonchev–Trinajstić information content (AvgIpc) is 2.04. The van der Waals surface area contributed by atoms with Crippen molar-refractivity contribution in [2.75, 3.05) is 0 Å². The van der Waals surface area contributed by atoms with Crippen LogP contribution in [0.4, 0.5) is 4.39 Å². The standard InChI is InChI=1S/C9H11ClFN/c1-6(12)9(11)7-2-4-8(10)5-3-7/h2-6,9H,12H2,1H3. The van der Waals surface area contributed by atoms with Crippen molar-refractivity contribution < 1.29 is 4.39 Å². The van der Waals surface area contributed by atoms with E-state index in [-0.39, 0.29) is 0 Å². The molecule has 0 aliphatic carbocycles. The maximum absolute atomic E-state index is 13.2. The number of benzene rings is 1. The van der Waals surface area contributed by atoms with E-state index in [9.17, 15) is 4.39 Å². The zero-order valence-electron chi connectivity index (χ0n) is 6.80. The van der Waals surface area contributed by atoms with E-state index in [1.54, 1.807) is 31.2 Å². The molecule has 0 heterocycles. The van der Waals surface area contributed by atoms with Crippen LogP contribution in [0.5, 0.6) is 0 Å². The van der Waals surface area contributed by atoms with E-state index >= 15 is 0 Å². The van der Waals surface area contributed by atoms with Gasteiger partial charge in [-0.3, -0.25) is 0 Å². The summed E-state index contributed by atoms with van der Waals surface area (Å²) in [5.74, 6) is 0. The molecule has 0 aliphatic rings. The van der Waals surface area contributed by atoms with E-state index in [4.69, 9.17) is 17.3 Å². The second-order valence-electron chi connectivity index (χ2n) is 2.81. The lowest BCUT2D eigenvalue weighted by Gasteiger charge is -2.11. The highest BCUT2D eigenvalue weighted by molar-refractivity contribution is 6.30. The SMILES string of the molecule is CC(N)C(F)c1ccc(Cl)cc1. The molecule has 1 aromatic rings. The number of alkyl halides is 1. The van der Waals surface area contributed by atoms with Crippen molar-refractivity contribution in [3.63, 3.8) is 0 Å². The van der Waals surface area contributed by atoms with Gasteiger partial charge < -0.3 is 5.73 Å². The van der Waals surface area contributed by atoms with E-state index in [0.717, 1.165) is 0 Å². The highest BCUT2D eigenvalue weighted by Crippen LogP contribution is 2.21. The molecule has 2 N–H and O–H groups in total. The summed E-state index contributed by atoms with van der Waals surface area (Å²) in [4.78, 5) is 0. The van der Waals surface area contributed by atoms with Crippen LogP contribution in [0.2, 0.25) is 5.02 Å². The molecule has 0 aromatic heterocycles. The second kappa shape index (κ2) is 3.87. The summed E-state index contributed by atoms with van der Waals surface area (Å²) < 4.78 is 13.2. The maximum atomic E-state index is 13.2. The summed E-state index contributed by atoms with van der Waals surface area (Å²) in [6, 6.07) is 6.14. The Bertz CT molecular complexity index is 245. The molecule has 66 valence electrons. The molecule has 12 heavy (non-hydrogen) atoms. The van der Waals surface area contributed by atoms with Gasteiger partial charge in [-0.05, 0) is 24.6 Å². The number of hydrogen-bond donors (Lipinski definition) is 1. The average molecular weight is 188 g/mol. The number of rotatable bonds is 2. The Morgan fingerprint density at radius 3 is 2.25 bits per heavy atom. The largest absolute Gasteiger partial charge is 0.325 e. The van der Waals surface area contributed by atoms with Crippen LogP contribution in [0, 0.1) is 0 Å². The minimum Gasteiger partial charge on any atom is -0.325 e. The van der Waals surface area contributed by atoms with Crippen LogP contribution in [0.3, 0.4) is 0 Å². The zero-order valence-corrected chi connectivity index (χ0v) is 7.55. The van der Waals surface area contributed by atoms with Gasteiger partial charge in [0.1, 0.15) is 6.17 Å². The maximum Gasteiger partial charge on any atom is 0.140 e. The third kappa shape index (κ3) is 2.19. The molecule has 0 amide bonds. The van der Waals surface area contributed by atoms with Gasteiger partial charge in [-0.2, -0.15) is 0 Å². The summed E-state index contributed by atoms with van der Waals surface area (Å²) in [6.07, 6.45) is -1.11. The molecule has 0 aliphatic heterocycles. The van der Waals surface area contributed by atoms with Crippen LogP contribution in [-0.2, 0) is 0 Å². The van der Waals surface area contributed by atoms with Crippen molar-refractivity contribution in [3.05, 3.63) is 34.9 Å². The third-order valence-electron chi connectivity index (χ3n) is 1.65. The fourth-order valence-corrected chi connectivity index (χ4v) is 1.08. The van der Waals surface area contributed by atoms with Gasteiger partial charge in [0.2, 0.25) is 0 Å². The summed E-state index contributed by atoms with van der Waals surface area (Å²) in [6.45, 7) is 1.64. The molecular formula is C9H11ClFN. The van der Waals surface area contributed by atoms with E-state index in [0.29, 0.717) is 10.6 Å². The Morgan fingerprint density at radius 2 is 1.83 bits per heavy atom. The first-order valence-corrected chi connectivity index (χ1v) is 4.14. The van der Waals surface area contributed by atoms with Crippen LogP contribution in [0.15, 0.2) is 24.3 Å². The molecule has 2 unspecified atom stereocenters. The van der Waals surface area contributed by atoms with E-state index in [1.807, 2.05) is 0 Å². The van der Waals surface area contributed by atoms with Crippen LogP contribution >= 0.6 is 11.6 Å². The quantitative estimate of drug-likeness (QED) is 0.757. The fraction of sp³-hybridized carbons (Fsp3) is 0.333. The molecule has 0 saturated carbocycles.